The molecule has 0 aliphatic heterocycles. The summed E-state index contributed by atoms with van der Waals surface area (Å²) in [7, 11) is 0. The Bertz CT molecular complexity index is 587. The lowest BCUT2D eigenvalue weighted by atomic mass is 10.0. The number of alkyl halides is 1. The van der Waals surface area contributed by atoms with Crippen LogP contribution in [0.5, 0.6) is 0 Å². The van der Waals surface area contributed by atoms with Crippen molar-refractivity contribution < 1.29 is 8.78 Å². The van der Waals surface area contributed by atoms with Crippen LogP contribution in [-0.2, 0) is 0 Å². The molecule has 0 amide bonds. The molecular weight excluding hydrogens is 345 g/mol. The quantitative estimate of drug-likeness (QED) is 0.608. The summed E-state index contributed by atoms with van der Waals surface area (Å²) >= 11 is 15.6. The molecule has 2 rings (SSSR count). The lowest BCUT2D eigenvalue weighted by Crippen LogP contribution is -1.99. The molecule has 0 fully saturated rings. The number of rotatable bonds is 2. The lowest BCUT2D eigenvalue weighted by Gasteiger charge is -2.13. The third-order valence-corrected chi connectivity index (χ3v) is 4.27. The van der Waals surface area contributed by atoms with Gasteiger partial charge in [-0.05, 0) is 33.6 Å². The van der Waals surface area contributed by atoms with Crippen LogP contribution in [0.2, 0.25) is 5.02 Å². The summed E-state index contributed by atoms with van der Waals surface area (Å²) in [5, 5.41) is -0.350. The third kappa shape index (κ3) is 2.68. The summed E-state index contributed by atoms with van der Waals surface area (Å²) in [6, 6.07) is 8.50. The molecule has 0 aromatic heterocycles. The van der Waals surface area contributed by atoms with E-state index in [9.17, 15) is 8.78 Å². The summed E-state index contributed by atoms with van der Waals surface area (Å²) in [5.41, 5.74) is 0.760. The van der Waals surface area contributed by atoms with Gasteiger partial charge >= 0.3 is 0 Å². The zero-order valence-corrected chi connectivity index (χ0v) is 12.0. The smallest absolute Gasteiger partial charge is 0.131 e. The van der Waals surface area contributed by atoms with Crippen molar-refractivity contribution in [3.8, 4) is 0 Å². The van der Waals surface area contributed by atoms with Crippen LogP contribution in [0, 0.1) is 11.6 Å². The Morgan fingerprint density at radius 3 is 2.44 bits per heavy atom. The Morgan fingerprint density at radius 2 is 1.78 bits per heavy atom. The summed E-state index contributed by atoms with van der Waals surface area (Å²) in [5.74, 6) is -1.33. The average Bonchev–Trinajstić information content (AvgIpc) is 2.32. The van der Waals surface area contributed by atoms with Gasteiger partial charge < -0.3 is 0 Å². The van der Waals surface area contributed by atoms with E-state index in [-0.39, 0.29) is 5.56 Å². The van der Waals surface area contributed by atoms with E-state index in [1.54, 1.807) is 18.2 Å². The monoisotopic (exact) mass is 350 g/mol. The zero-order valence-electron chi connectivity index (χ0n) is 8.93. The molecule has 0 nitrogen and oxygen atoms in total. The van der Waals surface area contributed by atoms with Gasteiger partial charge in [-0.15, -0.1) is 11.6 Å². The molecular formula is C13H7BrCl2F2. The summed E-state index contributed by atoms with van der Waals surface area (Å²) in [6.45, 7) is 0. The SMILES string of the molecule is Fc1ccc(C(Cl)c2cccc(Br)c2Cl)c(F)c1. The topological polar surface area (TPSA) is 0 Å². The van der Waals surface area contributed by atoms with Crippen molar-refractivity contribution >= 4 is 39.1 Å². The molecule has 1 atom stereocenters. The number of halogens is 5. The lowest BCUT2D eigenvalue weighted by molar-refractivity contribution is 0.573. The van der Waals surface area contributed by atoms with Crippen molar-refractivity contribution in [2.24, 2.45) is 0 Å². The second-order valence-corrected chi connectivity index (χ2v) is 5.34. The Hall–Kier alpha value is -0.640. The van der Waals surface area contributed by atoms with E-state index in [1.165, 1.54) is 12.1 Å². The predicted molar refractivity (Wildman–Crippen MR) is 73.2 cm³/mol. The van der Waals surface area contributed by atoms with Gasteiger partial charge in [-0.1, -0.05) is 29.8 Å². The van der Waals surface area contributed by atoms with E-state index >= 15 is 0 Å². The molecule has 0 aliphatic carbocycles. The fourth-order valence-corrected chi connectivity index (χ4v) is 2.62. The van der Waals surface area contributed by atoms with Crippen molar-refractivity contribution in [2.45, 2.75) is 5.38 Å². The number of hydrogen-bond donors (Lipinski definition) is 0. The highest BCUT2D eigenvalue weighted by Gasteiger charge is 2.19. The van der Waals surface area contributed by atoms with E-state index in [2.05, 4.69) is 15.9 Å². The maximum absolute atomic E-state index is 13.6. The van der Waals surface area contributed by atoms with E-state index in [1.807, 2.05) is 0 Å². The van der Waals surface area contributed by atoms with E-state index in [0.29, 0.717) is 15.1 Å². The Morgan fingerprint density at radius 1 is 1.06 bits per heavy atom. The summed E-state index contributed by atoms with van der Waals surface area (Å²) < 4.78 is 27.2. The molecule has 0 saturated heterocycles. The second-order valence-electron chi connectivity index (χ2n) is 3.67. The number of hydrogen-bond acceptors (Lipinski definition) is 0. The van der Waals surface area contributed by atoms with Crippen LogP contribution in [0.25, 0.3) is 0 Å². The van der Waals surface area contributed by atoms with Gasteiger partial charge in [-0.3, -0.25) is 0 Å². The minimum absolute atomic E-state index is 0.193. The largest absolute Gasteiger partial charge is 0.207 e. The molecule has 0 spiro atoms. The van der Waals surface area contributed by atoms with E-state index < -0.39 is 17.0 Å². The zero-order chi connectivity index (χ0) is 13.3. The third-order valence-electron chi connectivity index (χ3n) is 2.49. The van der Waals surface area contributed by atoms with Crippen molar-refractivity contribution in [1.29, 1.82) is 0 Å². The van der Waals surface area contributed by atoms with Crippen LogP contribution >= 0.6 is 39.1 Å². The molecule has 0 aliphatic rings. The number of benzene rings is 2. The summed E-state index contributed by atoms with van der Waals surface area (Å²) in [4.78, 5) is 0. The van der Waals surface area contributed by atoms with Crippen molar-refractivity contribution in [3.05, 3.63) is 68.7 Å². The van der Waals surface area contributed by atoms with Crippen LogP contribution in [0.4, 0.5) is 8.78 Å². The van der Waals surface area contributed by atoms with Crippen LogP contribution < -0.4 is 0 Å². The molecule has 18 heavy (non-hydrogen) atoms. The standard InChI is InChI=1S/C13H7BrCl2F2/c14-10-3-1-2-9(13(10)16)12(15)8-5-4-7(17)6-11(8)18/h1-6,12H. The molecule has 5 heteroatoms. The van der Waals surface area contributed by atoms with Gasteiger partial charge in [0.1, 0.15) is 11.6 Å². The molecule has 0 heterocycles. The minimum atomic E-state index is -0.768. The molecule has 94 valence electrons. The van der Waals surface area contributed by atoms with Gasteiger partial charge in [0.25, 0.3) is 0 Å². The van der Waals surface area contributed by atoms with Crippen molar-refractivity contribution in [3.63, 3.8) is 0 Å². The molecule has 0 saturated carbocycles. The molecule has 2 aromatic rings. The van der Waals surface area contributed by atoms with Gasteiger partial charge in [0.15, 0.2) is 0 Å². The first-order chi connectivity index (χ1) is 8.50. The first kappa shape index (κ1) is 13.8. The van der Waals surface area contributed by atoms with E-state index in [0.717, 1.165) is 6.07 Å². The molecule has 1 unspecified atom stereocenters. The highest BCUT2D eigenvalue weighted by Crippen LogP contribution is 2.37. The highest BCUT2D eigenvalue weighted by molar-refractivity contribution is 9.10. The fraction of sp³-hybridized carbons (Fsp3) is 0.0769. The molecule has 2 aromatic carbocycles. The molecule has 0 N–H and O–H groups in total. The van der Waals surface area contributed by atoms with Gasteiger partial charge in [-0.2, -0.15) is 0 Å². The van der Waals surface area contributed by atoms with Crippen molar-refractivity contribution in [1.82, 2.24) is 0 Å². The van der Waals surface area contributed by atoms with Gasteiger partial charge in [0.05, 0.1) is 10.4 Å². The first-order valence-corrected chi connectivity index (χ1v) is 6.64. The fourth-order valence-electron chi connectivity index (χ4n) is 1.59. The average molecular weight is 352 g/mol. The second kappa shape index (κ2) is 5.55. The van der Waals surface area contributed by atoms with Crippen LogP contribution in [-0.4, -0.2) is 0 Å². The normalized spacial score (nSPS) is 12.5. The molecule has 0 radical (unpaired) electrons. The molecule has 0 bridgehead atoms. The maximum atomic E-state index is 13.6. The first-order valence-electron chi connectivity index (χ1n) is 5.03. The van der Waals surface area contributed by atoms with Gasteiger partial charge in [0, 0.05) is 16.1 Å². The minimum Gasteiger partial charge on any atom is -0.207 e. The Labute approximate surface area is 122 Å². The maximum Gasteiger partial charge on any atom is 0.131 e. The van der Waals surface area contributed by atoms with Crippen LogP contribution in [0.1, 0.15) is 16.5 Å². The van der Waals surface area contributed by atoms with Crippen LogP contribution in [0.15, 0.2) is 40.9 Å². The summed E-state index contributed by atoms with van der Waals surface area (Å²) in [6.07, 6.45) is 0. The van der Waals surface area contributed by atoms with E-state index in [4.69, 9.17) is 23.2 Å². The predicted octanol–water partition coefficient (Wildman–Crippen LogP) is 5.71. The van der Waals surface area contributed by atoms with Crippen molar-refractivity contribution in [2.75, 3.05) is 0 Å². The Balaban J connectivity index is 2.48. The van der Waals surface area contributed by atoms with Gasteiger partial charge in [-0.25, -0.2) is 8.78 Å². The highest BCUT2D eigenvalue weighted by atomic mass is 79.9. The van der Waals surface area contributed by atoms with Crippen LogP contribution in [0.3, 0.4) is 0 Å². The Kier molecular flexibility index (Phi) is 4.25. The van der Waals surface area contributed by atoms with Gasteiger partial charge in [0.2, 0.25) is 0 Å².